The molecule has 0 bridgehead atoms. The molecule has 0 amide bonds. The number of aryl methyl sites for hydroxylation is 1. The van der Waals surface area contributed by atoms with Crippen LogP contribution in [0.3, 0.4) is 0 Å². The molecule has 5 heteroatoms. The van der Waals surface area contributed by atoms with Crippen LogP contribution in [0.2, 0.25) is 5.02 Å². The number of fused-ring (bicyclic) bond motifs is 1. The summed E-state index contributed by atoms with van der Waals surface area (Å²) in [6, 6.07) is 8.37. The zero-order valence-electron chi connectivity index (χ0n) is 13.9. The number of phenolic OH excluding ortho intramolecular Hbond substituents is 1. The van der Waals surface area contributed by atoms with Gasteiger partial charge in [0.2, 0.25) is 0 Å². The van der Waals surface area contributed by atoms with Gasteiger partial charge in [0.25, 0.3) is 0 Å². The molecule has 1 N–H and O–H groups in total. The maximum atomic E-state index is 12.5. The molecule has 0 radical (unpaired) electrons. The molecule has 0 fully saturated rings. The Hall–Kier alpha value is -2.46. The highest BCUT2D eigenvalue weighted by Crippen LogP contribution is 2.38. The van der Waals surface area contributed by atoms with Gasteiger partial charge in [-0.2, -0.15) is 0 Å². The molecular formula is C20H19ClO4. The highest BCUT2D eigenvalue weighted by molar-refractivity contribution is 6.32. The van der Waals surface area contributed by atoms with Gasteiger partial charge in [-0.15, -0.1) is 0 Å². The predicted molar refractivity (Wildman–Crippen MR) is 97.9 cm³/mol. The summed E-state index contributed by atoms with van der Waals surface area (Å²) < 4.78 is 11.0. The molecule has 0 atom stereocenters. The van der Waals surface area contributed by atoms with Gasteiger partial charge in [0.05, 0.1) is 5.02 Å². The molecule has 25 heavy (non-hydrogen) atoms. The summed E-state index contributed by atoms with van der Waals surface area (Å²) >= 11 is 6.21. The fourth-order valence-corrected chi connectivity index (χ4v) is 3.06. The lowest BCUT2D eigenvalue weighted by molar-refractivity contribution is 0.104. The maximum absolute atomic E-state index is 12.5. The number of ether oxygens (including phenoxy) is 2. The number of rotatable bonds is 5. The van der Waals surface area contributed by atoms with Crippen molar-refractivity contribution in [1.29, 1.82) is 0 Å². The van der Waals surface area contributed by atoms with Gasteiger partial charge in [0, 0.05) is 5.56 Å². The van der Waals surface area contributed by atoms with Gasteiger partial charge >= 0.3 is 0 Å². The third-order valence-corrected chi connectivity index (χ3v) is 4.20. The van der Waals surface area contributed by atoms with E-state index in [9.17, 15) is 9.90 Å². The van der Waals surface area contributed by atoms with Crippen molar-refractivity contribution in [3.8, 4) is 17.2 Å². The second-order valence-corrected chi connectivity index (χ2v) is 6.22. The number of ketones is 1. The number of allylic oxidation sites excluding steroid dienone is 1. The van der Waals surface area contributed by atoms with Crippen molar-refractivity contribution in [2.45, 2.75) is 19.8 Å². The normalized spacial score (nSPS) is 13.2. The summed E-state index contributed by atoms with van der Waals surface area (Å²) in [4.78, 5) is 12.5. The first-order chi connectivity index (χ1) is 12.1. The molecule has 0 spiro atoms. The third kappa shape index (κ3) is 3.97. The molecule has 2 aromatic rings. The number of hydrogen-bond acceptors (Lipinski definition) is 4. The van der Waals surface area contributed by atoms with Gasteiger partial charge in [-0.3, -0.25) is 4.79 Å². The van der Waals surface area contributed by atoms with E-state index in [2.05, 4.69) is 0 Å². The van der Waals surface area contributed by atoms with Crippen molar-refractivity contribution in [2.75, 3.05) is 13.2 Å². The molecule has 1 heterocycles. The molecule has 0 aromatic heterocycles. The van der Waals surface area contributed by atoms with Crippen molar-refractivity contribution >= 4 is 23.5 Å². The van der Waals surface area contributed by atoms with E-state index in [1.165, 1.54) is 12.1 Å². The molecule has 0 unspecified atom stereocenters. The van der Waals surface area contributed by atoms with Gasteiger partial charge in [-0.1, -0.05) is 31.0 Å². The summed E-state index contributed by atoms with van der Waals surface area (Å²) in [5.41, 5.74) is 2.20. The second kappa shape index (κ2) is 7.62. The van der Waals surface area contributed by atoms with E-state index < -0.39 is 0 Å². The highest BCUT2D eigenvalue weighted by atomic mass is 35.5. The highest BCUT2D eigenvalue weighted by Gasteiger charge is 2.16. The first kappa shape index (κ1) is 17.4. The Morgan fingerprint density at radius 2 is 2.04 bits per heavy atom. The number of phenols is 1. The van der Waals surface area contributed by atoms with Crippen LogP contribution in [-0.2, 0) is 6.42 Å². The minimum Gasteiger partial charge on any atom is -0.508 e. The number of halogens is 1. The van der Waals surface area contributed by atoms with Crippen molar-refractivity contribution in [3.63, 3.8) is 0 Å². The topological polar surface area (TPSA) is 55.8 Å². The van der Waals surface area contributed by atoms with E-state index in [0.717, 1.165) is 24.0 Å². The molecule has 1 aliphatic heterocycles. The fraction of sp³-hybridized carbons (Fsp3) is 0.250. The Labute approximate surface area is 151 Å². The monoisotopic (exact) mass is 358 g/mol. The predicted octanol–water partition coefficient (Wildman–Crippen LogP) is 4.67. The molecule has 4 nitrogen and oxygen atoms in total. The number of aromatic hydroxyl groups is 1. The smallest absolute Gasteiger partial charge is 0.186 e. The summed E-state index contributed by atoms with van der Waals surface area (Å²) in [6.07, 6.45) is 4.84. The Kier molecular flexibility index (Phi) is 5.29. The summed E-state index contributed by atoms with van der Waals surface area (Å²) in [7, 11) is 0. The molecule has 0 saturated heterocycles. The molecule has 1 aliphatic rings. The molecule has 2 aromatic carbocycles. The first-order valence-electron chi connectivity index (χ1n) is 8.22. The van der Waals surface area contributed by atoms with Crippen LogP contribution in [0, 0.1) is 0 Å². The van der Waals surface area contributed by atoms with E-state index >= 15 is 0 Å². The van der Waals surface area contributed by atoms with E-state index in [1.807, 2.05) is 6.92 Å². The Balaban J connectivity index is 1.85. The lowest BCUT2D eigenvalue weighted by Crippen LogP contribution is -2.15. The minimum absolute atomic E-state index is 0.116. The van der Waals surface area contributed by atoms with Crippen molar-refractivity contribution in [2.24, 2.45) is 0 Å². The summed E-state index contributed by atoms with van der Waals surface area (Å²) in [5, 5.41) is 10.1. The molecule has 0 aliphatic carbocycles. The third-order valence-electron chi connectivity index (χ3n) is 3.92. The average Bonchev–Trinajstić information content (AvgIpc) is 2.60. The fourth-order valence-electron chi connectivity index (χ4n) is 2.79. The minimum atomic E-state index is -0.116. The second-order valence-electron chi connectivity index (χ2n) is 5.82. The largest absolute Gasteiger partial charge is 0.508 e. The molecule has 3 rings (SSSR count). The van der Waals surface area contributed by atoms with E-state index in [0.29, 0.717) is 35.3 Å². The van der Waals surface area contributed by atoms with Crippen molar-refractivity contribution in [1.82, 2.24) is 0 Å². The quantitative estimate of drug-likeness (QED) is 0.623. The number of hydrogen-bond donors (Lipinski definition) is 1. The average molecular weight is 359 g/mol. The molecule has 130 valence electrons. The van der Waals surface area contributed by atoms with Gasteiger partial charge in [0.1, 0.15) is 19.0 Å². The van der Waals surface area contributed by atoms with Gasteiger partial charge in [-0.05, 0) is 54.0 Å². The van der Waals surface area contributed by atoms with Gasteiger partial charge in [-0.25, -0.2) is 0 Å². The van der Waals surface area contributed by atoms with Crippen LogP contribution < -0.4 is 9.47 Å². The van der Waals surface area contributed by atoms with Crippen LogP contribution in [0.15, 0.2) is 36.4 Å². The zero-order chi connectivity index (χ0) is 17.8. The lowest BCUT2D eigenvalue weighted by Gasteiger charge is -2.19. The van der Waals surface area contributed by atoms with Crippen LogP contribution in [0.1, 0.15) is 34.8 Å². The summed E-state index contributed by atoms with van der Waals surface area (Å²) in [5.74, 6) is 1.18. The maximum Gasteiger partial charge on any atom is 0.186 e. The first-order valence-corrected chi connectivity index (χ1v) is 8.59. The van der Waals surface area contributed by atoms with Crippen LogP contribution in [-0.4, -0.2) is 24.1 Å². The lowest BCUT2D eigenvalue weighted by atomic mass is 9.99. The zero-order valence-corrected chi connectivity index (χ0v) is 14.7. The van der Waals surface area contributed by atoms with E-state index in [-0.39, 0.29) is 11.5 Å². The van der Waals surface area contributed by atoms with Crippen LogP contribution >= 0.6 is 11.6 Å². The van der Waals surface area contributed by atoms with Crippen LogP contribution in [0.5, 0.6) is 17.2 Å². The Morgan fingerprint density at radius 3 is 2.84 bits per heavy atom. The number of benzene rings is 2. The van der Waals surface area contributed by atoms with Crippen LogP contribution in [0.4, 0.5) is 0 Å². The number of carbonyl (C=O) groups excluding carboxylic acids is 1. The molecular weight excluding hydrogens is 340 g/mol. The Morgan fingerprint density at radius 1 is 1.24 bits per heavy atom. The standard InChI is InChI=1S/C20H19ClO4/c1-2-3-14-12-15(22)5-6-16(14)18(23)7-4-13-10-17(21)20-19(11-13)24-8-9-25-20/h4-7,10-12,22H,2-3,8-9H2,1H3/b7-4+. The van der Waals surface area contributed by atoms with Crippen LogP contribution in [0.25, 0.3) is 6.08 Å². The van der Waals surface area contributed by atoms with E-state index in [4.69, 9.17) is 21.1 Å². The SMILES string of the molecule is CCCc1cc(O)ccc1C(=O)/C=C/c1cc(Cl)c2c(c1)OCCO2. The molecule has 0 saturated carbocycles. The number of carbonyl (C=O) groups is 1. The van der Waals surface area contributed by atoms with Crippen molar-refractivity contribution in [3.05, 3.63) is 58.1 Å². The summed E-state index contributed by atoms with van der Waals surface area (Å²) in [6.45, 7) is 2.98. The van der Waals surface area contributed by atoms with Gasteiger partial charge < -0.3 is 14.6 Å². The van der Waals surface area contributed by atoms with Crippen molar-refractivity contribution < 1.29 is 19.4 Å². The van der Waals surface area contributed by atoms with Gasteiger partial charge in [0.15, 0.2) is 17.3 Å². The van der Waals surface area contributed by atoms with E-state index in [1.54, 1.807) is 30.3 Å². The Bertz CT molecular complexity index is 827.